The molecule has 0 radical (unpaired) electrons. The topological polar surface area (TPSA) is 57.6 Å². The van der Waals surface area contributed by atoms with Crippen molar-refractivity contribution < 1.29 is 14.7 Å². The molecule has 4 nitrogen and oxygen atoms in total. The number of rotatable bonds is 6. The Kier molecular flexibility index (Phi) is 6.30. The fraction of sp³-hybridized carbons (Fsp3) is 0.818. The maximum atomic E-state index is 11.6. The van der Waals surface area contributed by atoms with Crippen molar-refractivity contribution >= 4 is 23.6 Å². The summed E-state index contributed by atoms with van der Waals surface area (Å²) in [6.45, 7) is 1.64. The summed E-state index contributed by atoms with van der Waals surface area (Å²) in [7, 11) is 0. The van der Waals surface area contributed by atoms with E-state index in [1.165, 1.54) is 0 Å². The van der Waals surface area contributed by atoms with Gasteiger partial charge in [-0.3, -0.25) is 9.59 Å². The molecule has 0 aliphatic carbocycles. The van der Waals surface area contributed by atoms with E-state index >= 15 is 0 Å². The van der Waals surface area contributed by atoms with Crippen LogP contribution in [0.1, 0.15) is 32.1 Å². The molecule has 0 saturated carbocycles. The SMILES string of the molecule is O=C(O)CCSCCN1CCCCCC1=O. The monoisotopic (exact) mass is 245 g/mol. The van der Waals surface area contributed by atoms with Gasteiger partial charge in [-0.15, -0.1) is 0 Å². The first-order valence-corrected chi connectivity index (χ1v) is 6.93. The number of amides is 1. The molecule has 1 aliphatic heterocycles. The average Bonchev–Trinajstić information content (AvgIpc) is 2.43. The Bertz CT molecular complexity index is 245. The molecule has 1 aliphatic rings. The number of carbonyl (C=O) groups excluding carboxylic acids is 1. The van der Waals surface area contributed by atoms with Gasteiger partial charge >= 0.3 is 5.97 Å². The van der Waals surface area contributed by atoms with Crippen LogP contribution >= 0.6 is 11.8 Å². The lowest BCUT2D eigenvalue weighted by atomic mass is 10.2. The van der Waals surface area contributed by atoms with E-state index < -0.39 is 5.97 Å². The predicted molar refractivity (Wildman–Crippen MR) is 64.6 cm³/mol. The molecular weight excluding hydrogens is 226 g/mol. The van der Waals surface area contributed by atoms with Crippen molar-refractivity contribution in [2.24, 2.45) is 0 Å². The summed E-state index contributed by atoms with van der Waals surface area (Å²) in [5.41, 5.74) is 0. The largest absolute Gasteiger partial charge is 0.481 e. The number of carbonyl (C=O) groups is 2. The van der Waals surface area contributed by atoms with Gasteiger partial charge in [0.25, 0.3) is 0 Å². The van der Waals surface area contributed by atoms with Crippen molar-refractivity contribution in [3.8, 4) is 0 Å². The molecule has 0 spiro atoms. The van der Waals surface area contributed by atoms with Gasteiger partial charge in [0.15, 0.2) is 0 Å². The van der Waals surface area contributed by atoms with Crippen LogP contribution in [0.25, 0.3) is 0 Å². The van der Waals surface area contributed by atoms with Gasteiger partial charge in [-0.05, 0) is 12.8 Å². The number of aliphatic carboxylic acids is 1. The molecule has 1 saturated heterocycles. The highest BCUT2D eigenvalue weighted by Crippen LogP contribution is 2.12. The summed E-state index contributed by atoms with van der Waals surface area (Å²) in [4.78, 5) is 23.8. The minimum absolute atomic E-state index is 0.207. The Morgan fingerprint density at radius 3 is 2.88 bits per heavy atom. The molecule has 0 aromatic carbocycles. The molecule has 0 aromatic heterocycles. The molecule has 1 fully saturated rings. The smallest absolute Gasteiger partial charge is 0.304 e. The zero-order valence-corrected chi connectivity index (χ0v) is 10.3. The molecule has 0 atom stereocenters. The number of carboxylic acid groups (broad SMARTS) is 1. The highest BCUT2D eigenvalue weighted by molar-refractivity contribution is 7.99. The number of likely N-dealkylation sites (tertiary alicyclic amines) is 1. The van der Waals surface area contributed by atoms with Gasteiger partial charge < -0.3 is 10.0 Å². The van der Waals surface area contributed by atoms with Gasteiger partial charge in [0.2, 0.25) is 5.91 Å². The van der Waals surface area contributed by atoms with E-state index in [1.807, 2.05) is 4.90 Å². The van der Waals surface area contributed by atoms with E-state index in [1.54, 1.807) is 11.8 Å². The third kappa shape index (κ3) is 5.39. The van der Waals surface area contributed by atoms with Crippen LogP contribution in [0.4, 0.5) is 0 Å². The third-order valence-electron chi connectivity index (χ3n) is 2.64. The molecule has 92 valence electrons. The first-order valence-electron chi connectivity index (χ1n) is 5.77. The molecule has 0 bridgehead atoms. The Morgan fingerprint density at radius 1 is 1.31 bits per heavy atom. The van der Waals surface area contributed by atoms with Crippen LogP contribution < -0.4 is 0 Å². The fourth-order valence-electron chi connectivity index (χ4n) is 1.71. The average molecular weight is 245 g/mol. The molecule has 0 aromatic rings. The summed E-state index contributed by atoms with van der Waals surface area (Å²) >= 11 is 1.61. The van der Waals surface area contributed by atoms with Crippen LogP contribution in [0.5, 0.6) is 0 Å². The maximum absolute atomic E-state index is 11.6. The second kappa shape index (κ2) is 7.54. The fourth-order valence-corrected chi connectivity index (χ4v) is 2.58. The number of hydrogen-bond acceptors (Lipinski definition) is 3. The molecular formula is C11H19NO3S. The second-order valence-corrected chi connectivity index (χ2v) is 5.17. The minimum Gasteiger partial charge on any atom is -0.481 e. The lowest BCUT2D eigenvalue weighted by Gasteiger charge is -2.19. The van der Waals surface area contributed by atoms with Crippen LogP contribution in [-0.4, -0.2) is 46.5 Å². The minimum atomic E-state index is -0.752. The summed E-state index contributed by atoms with van der Waals surface area (Å²) in [6.07, 6.45) is 4.15. The predicted octanol–water partition coefficient (Wildman–Crippen LogP) is 1.60. The van der Waals surface area contributed by atoms with E-state index in [0.29, 0.717) is 12.2 Å². The number of hydrogen-bond donors (Lipinski definition) is 1. The molecule has 1 amide bonds. The van der Waals surface area contributed by atoms with E-state index in [4.69, 9.17) is 5.11 Å². The van der Waals surface area contributed by atoms with E-state index in [-0.39, 0.29) is 12.3 Å². The Labute approximate surface area is 100 Å². The molecule has 5 heteroatoms. The second-order valence-electron chi connectivity index (χ2n) is 3.95. The number of carboxylic acids is 1. The van der Waals surface area contributed by atoms with Gasteiger partial charge in [-0.25, -0.2) is 0 Å². The Balaban J connectivity index is 2.10. The summed E-state index contributed by atoms with van der Waals surface area (Å²) in [5.74, 6) is 0.991. The number of nitrogens with zero attached hydrogens (tertiary/aromatic N) is 1. The molecule has 1 N–H and O–H groups in total. The van der Waals surface area contributed by atoms with Crippen LogP contribution in [0, 0.1) is 0 Å². The summed E-state index contributed by atoms with van der Waals surface area (Å²) in [5, 5.41) is 8.46. The highest BCUT2D eigenvalue weighted by atomic mass is 32.2. The Hall–Kier alpha value is -0.710. The van der Waals surface area contributed by atoms with E-state index in [2.05, 4.69) is 0 Å². The van der Waals surface area contributed by atoms with Crippen molar-refractivity contribution in [2.75, 3.05) is 24.6 Å². The zero-order chi connectivity index (χ0) is 11.8. The molecule has 16 heavy (non-hydrogen) atoms. The van der Waals surface area contributed by atoms with Crippen molar-refractivity contribution in [2.45, 2.75) is 32.1 Å². The quantitative estimate of drug-likeness (QED) is 0.722. The van der Waals surface area contributed by atoms with Crippen LogP contribution in [0.3, 0.4) is 0 Å². The van der Waals surface area contributed by atoms with Crippen LogP contribution in [0.15, 0.2) is 0 Å². The molecule has 0 unspecified atom stereocenters. The standard InChI is InChI=1S/C11H19NO3S/c13-10-4-2-1-3-6-12(10)7-9-16-8-5-11(14)15/h1-9H2,(H,14,15). The van der Waals surface area contributed by atoms with E-state index in [9.17, 15) is 9.59 Å². The first-order chi connectivity index (χ1) is 7.70. The first kappa shape index (κ1) is 13.4. The number of thioether (sulfide) groups is 1. The maximum Gasteiger partial charge on any atom is 0.304 e. The lowest BCUT2D eigenvalue weighted by molar-refractivity contribution is -0.136. The third-order valence-corrected chi connectivity index (χ3v) is 3.60. The van der Waals surface area contributed by atoms with E-state index in [0.717, 1.165) is 38.1 Å². The van der Waals surface area contributed by atoms with Gasteiger partial charge in [0, 0.05) is 31.0 Å². The van der Waals surface area contributed by atoms with Gasteiger partial charge in [0.05, 0.1) is 6.42 Å². The Morgan fingerprint density at radius 2 is 2.12 bits per heavy atom. The van der Waals surface area contributed by atoms with Crippen molar-refractivity contribution in [1.82, 2.24) is 4.90 Å². The zero-order valence-electron chi connectivity index (χ0n) is 9.48. The summed E-state index contributed by atoms with van der Waals surface area (Å²) < 4.78 is 0. The lowest BCUT2D eigenvalue weighted by Crippen LogP contribution is -2.32. The normalized spacial score (nSPS) is 17.2. The summed E-state index contributed by atoms with van der Waals surface area (Å²) in [6, 6.07) is 0. The van der Waals surface area contributed by atoms with Gasteiger partial charge in [0.1, 0.15) is 0 Å². The molecule has 1 heterocycles. The molecule has 1 rings (SSSR count). The van der Waals surface area contributed by atoms with Crippen molar-refractivity contribution in [3.63, 3.8) is 0 Å². The van der Waals surface area contributed by atoms with Gasteiger partial charge in [-0.1, -0.05) is 6.42 Å². The van der Waals surface area contributed by atoms with Crippen molar-refractivity contribution in [3.05, 3.63) is 0 Å². The van der Waals surface area contributed by atoms with Crippen LogP contribution in [0.2, 0.25) is 0 Å². The highest BCUT2D eigenvalue weighted by Gasteiger charge is 2.15. The van der Waals surface area contributed by atoms with Crippen LogP contribution in [-0.2, 0) is 9.59 Å². The van der Waals surface area contributed by atoms with Gasteiger partial charge in [-0.2, -0.15) is 11.8 Å². The van der Waals surface area contributed by atoms with Crippen molar-refractivity contribution in [1.29, 1.82) is 0 Å².